The zero-order valence-electron chi connectivity index (χ0n) is 19.3. The van der Waals surface area contributed by atoms with Crippen molar-refractivity contribution in [1.82, 2.24) is 14.6 Å². The van der Waals surface area contributed by atoms with Gasteiger partial charge >= 0.3 is 12.1 Å². The summed E-state index contributed by atoms with van der Waals surface area (Å²) in [4.78, 5) is 33.3. The lowest BCUT2D eigenvalue weighted by Crippen LogP contribution is -2.42. The van der Waals surface area contributed by atoms with Crippen LogP contribution in [0.4, 0.5) is 13.2 Å². The van der Waals surface area contributed by atoms with Crippen LogP contribution in [0.25, 0.3) is 11.8 Å². The van der Waals surface area contributed by atoms with Crippen molar-refractivity contribution >= 4 is 18.0 Å². The Labute approximate surface area is 204 Å². The molecule has 1 N–H and O–H groups in total. The van der Waals surface area contributed by atoms with E-state index < -0.39 is 30.2 Å². The molecule has 0 saturated carbocycles. The first kappa shape index (κ1) is 25.0. The summed E-state index contributed by atoms with van der Waals surface area (Å²) in [5.74, 6) is -3.16. The number of nitrogens with zero attached hydrogens (tertiary/aromatic N) is 3. The third-order valence-corrected chi connectivity index (χ3v) is 5.66. The van der Waals surface area contributed by atoms with Crippen LogP contribution in [0, 0.1) is 6.92 Å². The van der Waals surface area contributed by atoms with Crippen molar-refractivity contribution in [3.8, 4) is 11.4 Å². The molecule has 2 aromatic carbocycles. The number of rotatable bonds is 5. The quantitative estimate of drug-likeness (QED) is 0.423. The lowest BCUT2D eigenvalue weighted by atomic mass is 10.1. The molecule has 1 aromatic heterocycles. The first-order chi connectivity index (χ1) is 17.1. The minimum atomic E-state index is -5.33. The molecule has 0 fully saturated rings. The molecule has 11 heteroatoms. The number of hydrogen-bond donors (Lipinski definition) is 1. The first-order valence-electron chi connectivity index (χ1n) is 10.8. The normalized spacial score (nSPS) is 17.2. The van der Waals surface area contributed by atoms with Gasteiger partial charge in [0, 0.05) is 18.7 Å². The number of carbonyl (C=O) groups is 2. The van der Waals surface area contributed by atoms with Gasteiger partial charge in [-0.2, -0.15) is 18.2 Å². The molecule has 1 amide bonds. The maximum Gasteiger partial charge on any atom is 0.493 e. The summed E-state index contributed by atoms with van der Waals surface area (Å²) in [6, 6.07) is 10.3. The molecule has 0 aliphatic heterocycles. The van der Waals surface area contributed by atoms with E-state index in [0.717, 1.165) is 11.8 Å². The van der Waals surface area contributed by atoms with Gasteiger partial charge in [0.15, 0.2) is 0 Å². The fourth-order valence-electron chi connectivity index (χ4n) is 4.02. The summed E-state index contributed by atoms with van der Waals surface area (Å²) in [5.41, 5.74) is 3.01. The number of fused-ring (bicyclic) bond motifs is 1. The molecular formula is C25H22F3N3O5. The van der Waals surface area contributed by atoms with E-state index >= 15 is 0 Å². The van der Waals surface area contributed by atoms with E-state index in [2.05, 4.69) is 9.82 Å². The number of imidazole rings is 1. The molecule has 2 atom stereocenters. The second-order valence-corrected chi connectivity index (χ2v) is 8.14. The maximum absolute atomic E-state index is 13.0. The number of carbonyl (C=O) groups excluding carboxylic acids is 2. The smallest absolute Gasteiger partial charge is 0.493 e. The topological polar surface area (TPSA) is 93.9 Å². The zero-order valence-corrected chi connectivity index (χ0v) is 19.3. The van der Waals surface area contributed by atoms with Gasteiger partial charge in [0.25, 0.3) is 5.91 Å². The molecule has 0 spiro atoms. The number of ether oxygens (including phenoxy) is 1. The molecular weight excluding hydrogens is 479 g/mol. The highest BCUT2D eigenvalue weighted by atomic mass is 19.4. The molecule has 1 aliphatic carbocycles. The van der Waals surface area contributed by atoms with Crippen LogP contribution in [-0.4, -0.2) is 51.0 Å². The summed E-state index contributed by atoms with van der Waals surface area (Å²) < 4.78 is 46.0. The number of benzene rings is 2. The Hall–Kier alpha value is -4.12. The summed E-state index contributed by atoms with van der Waals surface area (Å²) in [6.45, 7) is 1.84. The highest BCUT2D eigenvalue weighted by molar-refractivity contribution is 5.92. The molecule has 0 bridgehead atoms. The molecule has 36 heavy (non-hydrogen) atoms. The Bertz CT molecular complexity index is 1320. The Kier molecular flexibility index (Phi) is 6.84. The van der Waals surface area contributed by atoms with Crippen molar-refractivity contribution in [3.63, 3.8) is 0 Å². The van der Waals surface area contributed by atoms with Crippen molar-refractivity contribution < 1.29 is 37.4 Å². The predicted molar refractivity (Wildman–Crippen MR) is 122 cm³/mol. The third-order valence-electron chi connectivity index (χ3n) is 5.66. The average Bonchev–Trinajstić information content (AvgIpc) is 3.42. The van der Waals surface area contributed by atoms with Crippen molar-refractivity contribution in [2.24, 2.45) is 0 Å². The van der Waals surface area contributed by atoms with Crippen LogP contribution >= 0.6 is 0 Å². The van der Waals surface area contributed by atoms with Crippen LogP contribution in [0.15, 0.2) is 61.1 Å². The van der Waals surface area contributed by atoms with Gasteiger partial charge in [-0.3, -0.25) is 4.79 Å². The number of amides is 1. The van der Waals surface area contributed by atoms with E-state index in [1.165, 1.54) is 13.2 Å². The van der Waals surface area contributed by atoms with Crippen molar-refractivity contribution in [3.05, 3.63) is 83.4 Å². The molecule has 4 rings (SSSR count). The van der Waals surface area contributed by atoms with Gasteiger partial charge in [0.2, 0.25) is 0 Å². The Morgan fingerprint density at radius 2 is 1.97 bits per heavy atom. The Morgan fingerprint density at radius 3 is 2.64 bits per heavy atom. The lowest BCUT2D eigenvalue weighted by Gasteiger charge is -2.29. The number of hydroxylamine groups is 2. The summed E-state index contributed by atoms with van der Waals surface area (Å²) in [6.07, 6.45) is -0.787. The van der Waals surface area contributed by atoms with Gasteiger partial charge in [0.05, 0.1) is 30.9 Å². The second kappa shape index (κ2) is 9.86. The van der Waals surface area contributed by atoms with Gasteiger partial charge in [-0.25, -0.2) is 9.78 Å². The van der Waals surface area contributed by atoms with Crippen LogP contribution < -0.4 is 4.74 Å². The van der Waals surface area contributed by atoms with E-state index in [1.807, 2.05) is 6.92 Å². The Morgan fingerprint density at radius 1 is 1.22 bits per heavy atom. The van der Waals surface area contributed by atoms with Crippen LogP contribution in [0.3, 0.4) is 0 Å². The number of alkyl halides is 3. The van der Waals surface area contributed by atoms with Gasteiger partial charge in [0.1, 0.15) is 11.8 Å². The van der Waals surface area contributed by atoms with Crippen LogP contribution in [0.2, 0.25) is 0 Å². The first-order valence-corrected chi connectivity index (χ1v) is 10.8. The number of aliphatic hydroxyl groups excluding tert-OH is 1. The number of halogens is 3. The van der Waals surface area contributed by atoms with Crippen molar-refractivity contribution in [1.29, 1.82) is 0 Å². The van der Waals surface area contributed by atoms with Gasteiger partial charge in [-0.15, -0.1) is 0 Å². The summed E-state index contributed by atoms with van der Waals surface area (Å²) >= 11 is 0. The molecule has 188 valence electrons. The van der Waals surface area contributed by atoms with Gasteiger partial charge in [-0.1, -0.05) is 30.3 Å². The van der Waals surface area contributed by atoms with E-state index in [9.17, 15) is 27.9 Å². The number of aryl methyl sites for hydroxylation is 1. The Balaban J connectivity index is 1.63. The fourth-order valence-corrected chi connectivity index (χ4v) is 4.02. The SMILES string of the molecule is COc1cc(/C=C/C(=O)N(OC(=O)C(F)(F)F)[C@H]2c3ccccc3C[C@H]2O)ccc1-n1cnc(C)c1. The fraction of sp³-hybridized carbons (Fsp3) is 0.240. The maximum atomic E-state index is 13.0. The van der Waals surface area contributed by atoms with Crippen LogP contribution in [-0.2, 0) is 20.8 Å². The molecule has 1 heterocycles. The zero-order chi connectivity index (χ0) is 26.0. The van der Waals surface area contributed by atoms with E-state index in [4.69, 9.17) is 4.74 Å². The number of hydrogen-bond acceptors (Lipinski definition) is 6. The third kappa shape index (κ3) is 5.10. The number of aliphatic hydroxyl groups is 1. The molecule has 0 radical (unpaired) electrons. The van der Waals surface area contributed by atoms with Crippen molar-refractivity contribution in [2.75, 3.05) is 7.11 Å². The minimum Gasteiger partial charge on any atom is -0.495 e. The highest BCUT2D eigenvalue weighted by Crippen LogP contribution is 2.37. The lowest BCUT2D eigenvalue weighted by molar-refractivity contribution is -0.246. The van der Waals surface area contributed by atoms with Crippen LogP contribution in [0.1, 0.15) is 28.4 Å². The largest absolute Gasteiger partial charge is 0.495 e. The van der Waals surface area contributed by atoms with E-state index in [0.29, 0.717) is 28.1 Å². The van der Waals surface area contributed by atoms with E-state index in [1.54, 1.807) is 59.6 Å². The standard InChI is InChI=1S/C25H22F3N3O5/c1-15-13-30(14-29-15)19-9-7-16(11-21(19)35-2)8-10-22(33)31(36-24(34)25(26,27)28)23-18-6-4-3-5-17(18)12-20(23)32/h3-11,13-14,20,23,32H,12H2,1-2H3/b10-8+/t20-,23+/m1/s1. The number of methoxy groups -OCH3 is 1. The summed E-state index contributed by atoms with van der Waals surface area (Å²) in [7, 11) is 1.47. The highest BCUT2D eigenvalue weighted by Gasteiger charge is 2.46. The second-order valence-electron chi connectivity index (χ2n) is 8.14. The molecule has 0 saturated heterocycles. The van der Waals surface area contributed by atoms with Crippen molar-refractivity contribution in [2.45, 2.75) is 31.7 Å². The van der Waals surface area contributed by atoms with Crippen LogP contribution in [0.5, 0.6) is 5.75 Å². The van der Waals surface area contributed by atoms with Gasteiger partial charge in [-0.05, 0) is 41.8 Å². The van der Waals surface area contributed by atoms with E-state index in [-0.39, 0.29) is 11.5 Å². The monoisotopic (exact) mass is 501 g/mol. The van der Waals surface area contributed by atoms with Gasteiger partial charge < -0.3 is 19.2 Å². The average molecular weight is 501 g/mol. The minimum absolute atomic E-state index is 0.0876. The number of aromatic nitrogens is 2. The summed E-state index contributed by atoms with van der Waals surface area (Å²) in [5, 5.41) is 10.8. The molecule has 8 nitrogen and oxygen atoms in total. The predicted octanol–water partition coefficient (Wildman–Crippen LogP) is 3.71. The molecule has 0 unspecified atom stereocenters. The molecule has 1 aliphatic rings. The molecule has 3 aromatic rings.